The first-order valence-electron chi connectivity index (χ1n) is 5.06. The van der Waals surface area contributed by atoms with E-state index in [-0.39, 0.29) is 12.2 Å². The van der Waals surface area contributed by atoms with Crippen LogP contribution in [0, 0.1) is 11.6 Å². The van der Waals surface area contributed by atoms with Crippen LogP contribution >= 0.6 is 11.8 Å². The molecule has 4 heteroatoms. The molecular formula is C12H14F2OS. The van der Waals surface area contributed by atoms with Gasteiger partial charge in [0, 0.05) is 6.42 Å². The van der Waals surface area contributed by atoms with E-state index in [1.54, 1.807) is 11.8 Å². The molecule has 0 amide bonds. The van der Waals surface area contributed by atoms with Gasteiger partial charge in [-0.25, -0.2) is 8.78 Å². The van der Waals surface area contributed by atoms with Gasteiger partial charge >= 0.3 is 0 Å². The fraction of sp³-hybridized carbons (Fsp3) is 0.417. The van der Waals surface area contributed by atoms with Crippen molar-refractivity contribution >= 4 is 17.5 Å². The van der Waals surface area contributed by atoms with Crippen LogP contribution in [0.15, 0.2) is 18.2 Å². The molecule has 0 aromatic heterocycles. The Hall–Kier alpha value is -0.900. The Morgan fingerprint density at radius 2 is 2.00 bits per heavy atom. The number of ketones is 1. The highest BCUT2D eigenvalue weighted by Crippen LogP contribution is 2.13. The van der Waals surface area contributed by atoms with Crippen LogP contribution in [0.2, 0.25) is 0 Å². The van der Waals surface area contributed by atoms with Gasteiger partial charge in [-0.3, -0.25) is 4.79 Å². The lowest BCUT2D eigenvalue weighted by atomic mass is 10.1. The smallest absolute Gasteiger partial charge is 0.159 e. The molecule has 88 valence electrons. The molecule has 1 rings (SSSR count). The van der Waals surface area contributed by atoms with Crippen LogP contribution in [-0.2, 0) is 11.2 Å². The lowest BCUT2D eigenvalue weighted by Crippen LogP contribution is -2.08. The van der Waals surface area contributed by atoms with Crippen LogP contribution in [-0.4, -0.2) is 16.8 Å². The molecular weight excluding hydrogens is 230 g/mol. The molecule has 0 aliphatic carbocycles. The van der Waals surface area contributed by atoms with Crippen LogP contribution < -0.4 is 0 Å². The SMILES string of the molecule is CC(C)SCC(=O)Cc1ccc(F)c(F)c1. The second kappa shape index (κ2) is 5.99. The minimum Gasteiger partial charge on any atom is -0.298 e. The predicted octanol–water partition coefficient (Wildman–Crippen LogP) is 3.22. The Kier molecular flexibility index (Phi) is 4.93. The van der Waals surface area contributed by atoms with E-state index in [9.17, 15) is 13.6 Å². The number of rotatable bonds is 5. The van der Waals surface area contributed by atoms with Crippen molar-refractivity contribution in [1.29, 1.82) is 0 Å². The quantitative estimate of drug-likeness (QED) is 0.791. The van der Waals surface area contributed by atoms with Crippen molar-refractivity contribution < 1.29 is 13.6 Å². The van der Waals surface area contributed by atoms with E-state index in [0.717, 1.165) is 12.1 Å². The summed E-state index contributed by atoms with van der Waals surface area (Å²) in [7, 11) is 0. The van der Waals surface area contributed by atoms with Crippen molar-refractivity contribution in [1.82, 2.24) is 0 Å². The highest BCUT2D eigenvalue weighted by molar-refractivity contribution is 8.00. The highest BCUT2D eigenvalue weighted by atomic mass is 32.2. The third kappa shape index (κ3) is 4.31. The minimum atomic E-state index is -0.901. The number of carbonyl (C=O) groups excluding carboxylic acids is 1. The van der Waals surface area contributed by atoms with Crippen molar-refractivity contribution in [2.24, 2.45) is 0 Å². The second-order valence-electron chi connectivity index (χ2n) is 3.82. The molecule has 0 saturated carbocycles. The molecule has 0 atom stereocenters. The van der Waals surface area contributed by atoms with Gasteiger partial charge in [0.1, 0.15) is 5.78 Å². The number of hydrogen-bond acceptors (Lipinski definition) is 2. The average Bonchev–Trinajstić information content (AvgIpc) is 2.21. The molecule has 0 aliphatic rings. The van der Waals surface area contributed by atoms with E-state index in [1.165, 1.54) is 6.07 Å². The first-order valence-corrected chi connectivity index (χ1v) is 6.11. The lowest BCUT2D eigenvalue weighted by Gasteiger charge is -2.04. The van der Waals surface area contributed by atoms with Crippen LogP contribution in [0.1, 0.15) is 19.4 Å². The zero-order valence-corrected chi connectivity index (χ0v) is 10.1. The zero-order valence-electron chi connectivity index (χ0n) is 9.30. The van der Waals surface area contributed by atoms with E-state index in [2.05, 4.69) is 0 Å². The number of halogens is 2. The molecule has 16 heavy (non-hydrogen) atoms. The first-order chi connectivity index (χ1) is 7.49. The predicted molar refractivity (Wildman–Crippen MR) is 62.7 cm³/mol. The van der Waals surface area contributed by atoms with Crippen molar-refractivity contribution in [3.05, 3.63) is 35.4 Å². The van der Waals surface area contributed by atoms with Crippen LogP contribution in [0.4, 0.5) is 8.78 Å². The standard InChI is InChI=1S/C12H14F2OS/c1-8(2)16-7-10(15)5-9-3-4-11(13)12(14)6-9/h3-4,6,8H,5,7H2,1-2H3. The summed E-state index contributed by atoms with van der Waals surface area (Å²) >= 11 is 1.55. The Bertz CT molecular complexity index is 377. The Labute approximate surface area is 98.2 Å². The third-order valence-electron chi connectivity index (χ3n) is 1.96. The van der Waals surface area contributed by atoms with Gasteiger partial charge in [-0.1, -0.05) is 19.9 Å². The maximum atomic E-state index is 12.9. The molecule has 0 N–H and O–H groups in total. The second-order valence-corrected chi connectivity index (χ2v) is 5.39. The first kappa shape index (κ1) is 13.2. The molecule has 0 aliphatic heterocycles. The van der Waals surface area contributed by atoms with E-state index in [4.69, 9.17) is 0 Å². The fourth-order valence-corrected chi connectivity index (χ4v) is 1.81. The third-order valence-corrected chi connectivity index (χ3v) is 3.12. The van der Waals surface area contributed by atoms with E-state index >= 15 is 0 Å². The number of benzene rings is 1. The van der Waals surface area contributed by atoms with Crippen LogP contribution in [0.3, 0.4) is 0 Å². The topological polar surface area (TPSA) is 17.1 Å². The lowest BCUT2D eigenvalue weighted by molar-refractivity contribution is -0.116. The van der Waals surface area contributed by atoms with E-state index in [1.807, 2.05) is 13.8 Å². The number of thioether (sulfide) groups is 1. The minimum absolute atomic E-state index is 0.0321. The molecule has 0 spiro atoms. The Balaban J connectivity index is 2.53. The van der Waals surface area contributed by atoms with Crippen molar-refractivity contribution in [3.63, 3.8) is 0 Å². The van der Waals surface area contributed by atoms with Crippen LogP contribution in [0.25, 0.3) is 0 Å². The van der Waals surface area contributed by atoms with Gasteiger partial charge in [0.25, 0.3) is 0 Å². The van der Waals surface area contributed by atoms with Crippen molar-refractivity contribution in [3.8, 4) is 0 Å². The number of hydrogen-bond donors (Lipinski definition) is 0. The normalized spacial score (nSPS) is 10.8. The summed E-state index contributed by atoms with van der Waals surface area (Å²) in [5.74, 6) is -1.34. The number of Topliss-reactive ketones (excluding diaryl/α,β-unsaturated/α-hetero) is 1. The molecule has 0 unspecified atom stereocenters. The summed E-state index contributed by atoms with van der Waals surface area (Å²) in [4.78, 5) is 11.5. The largest absolute Gasteiger partial charge is 0.298 e. The maximum absolute atomic E-state index is 12.9. The van der Waals surface area contributed by atoms with Crippen molar-refractivity contribution in [2.75, 3.05) is 5.75 Å². The van der Waals surface area contributed by atoms with Gasteiger partial charge in [0.05, 0.1) is 5.75 Å². The monoisotopic (exact) mass is 244 g/mol. The highest BCUT2D eigenvalue weighted by Gasteiger charge is 2.08. The van der Waals surface area contributed by atoms with Crippen LogP contribution in [0.5, 0.6) is 0 Å². The molecule has 0 saturated heterocycles. The molecule has 1 nitrogen and oxygen atoms in total. The van der Waals surface area contributed by atoms with E-state index < -0.39 is 11.6 Å². The van der Waals surface area contributed by atoms with Gasteiger partial charge in [0.15, 0.2) is 11.6 Å². The van der Waals surface area contributed by atoms with Gasteiger partial charge < -0.3 is 0 Å². The summed E-state index contributed by atoms with van der Waals surface area (Å²) in [5, 5.41) is 0.397. The van der Waals surface area contributed by atoms with Crippen molar-refractivity contribution in [2.45, 2.75) is 25.5 Å². The molecule has 0 bridgehead atoms. The summed E-state index contributed by atoms with van der Waals surface area (Å²) in [5.41, 5.74) is 0.522. The molecule has 0 heterocycles. The molecule has 0 radical (unpaired) electrons. The van der Waals surface area contributed by atoms with Gasteiger partial charge in [-0.2, -0.15) is 11.8 Å². The fourth-order valence-electron chi connectivity index (χ4n) is 1.19. The summed E-state index contributed by atoms with van der Waals surface area (Å²) in [6, 6.07) is 3.57. The van der Waals surface area contributed by atoms with E-state index in [0.29, 0.717) is 16.6 Å². The Morgan fingerprint density at radius 3 is 2.56 bits per heavy atom. The molecule has 0 fully saturated rings. The van der Waals surface area contributed by atoms with Gasteiger partial charge in [-0.05, 0) is 22.9 Å². The van der Waals surface area contributed by atoms with Gasteiger partial charge in [-0.15, -0.1) is 0 Å². The molecule has 1 aromatic rings. The Morgan fingerprint density at radius 1 is 1.31 bits per heavy atom. The van der Waals surface area contributed by atoms with Gasteiger partial charge in [0.2, 0.25) is 0 Å². The average molecular weight is 244 g/mol. The number of carbonyl (C=O) groups is 1. The zero-order chi connectivity index (χ0) is 12.1. The summed E-state index contributed by atoms with van der Waals surface area (Å²) in [6.07, 6.45) is 0.164. The summed E-state index contributed by atoms with van der Waals surface area (Å²) in [6.45, 7) is 4.02. The maximum Gasteiger partial charge on any atom is 0.159 e. The molecule has 1 aromatic carbocycles. The summed E-state index contributed by atoms with van der Waals surface area (Å²) < 4.78 is 25.5.